The molecule has 0 saturated carbocycles. The van der Waals surface area contributed by atoms with Crippen LogP contribution in [0.15, 0.2) is 54.2 Å². The van der Waals surface area contributed by atoms with Crippen LogP contribution in [0, 0.1) is 0 Å². The Kier molecular flexibility index (Phi) is 7.06. The van der Waals surface area contributed by atoms with Crippen molar-refractivity contribution in [3.8, 4) is 11.5 Å². The van der Waals surface area contributed by atoms with Crippen LogP contribution in [0.1, 0.15) is 18.1 Å². The van der Waals surface area contributed by atoms with Gasteiger partial charge in [0.25, 0.3) is 5.91 Å². The van der Waals surface area contributed by atoms with E-state index in [1.807, 2.05) is 0 Å². The molecule has 0 spiro atoms. The molecule has 0 heterocycles. The monoisotopic (exact) mass is 392 g/mol. The lowest BCUT2D eigenvalue weighted by Crippen LogP contribution is -2.33. The third kappa shape index (κ3) is 5.25. The van der Waals surface area contributed by atoms with Crippen LogP contribution >= 0.6 is 23.2 Å². The van der Waals surface area contributed by atoms with Gasteiger partial charge in [-0.15, -0.1) is 6.58 Å². The summed E-state index contributed by atoms with van der Waals surface area (Å²) in [6.07, 6.45) is 2.76. The number of aromatic hydroxyl groups is 1. The summed E-state index contributed by atoms with van der Waals surface area (Å²) in [4.78, 5) is 12.1. The minimum atomic E-state index is -0.827. The molecule has 0 aliphatic carbocycles. The molecule has 0 bridgehead atoms. The average molecular weight is 393 g/mol. The van der Waals surface area contributed by atoms with Gasteiger partial charge in [0.1, 0.15) is 11.5 Å². The zero-order valence-electron chi connectivity index (χ0n) is 14.1. The van der Waals surface area contributed by atoms with Crippen molar-refractivity contribution >= 4 is 35.3 Å². The van der Waals surface area contributed by atoms with Crippen molar-refractivity contribution in [3.63, 3.8) is 0 Å². The van der Waals surface area contributed by atoms with E-state index in [9.17, 15) is 9.90 Å². The molecule has 2 aromatic carbocycles. The van der Waals surface area contributed by atoms with Gasteiger partial charge in [0, 0.05) is 10.6 Å². The number of amides is 1. The topological polar surface area (TPSA) is 70.9 Å². The summed E-state index contributed by atoms with van der Waals surface area (Å²) in [6, 6.07) is 9.99. The van der Waals surface area contributed by atoms with Gasteiger partial charge < -0.3 is 9.84 Å². The van der Waals surface area contributed by atoms with Crippen molar-refractivity contribution in [1.82, 2.24) is 5.43 Å². The van der Waals surface area contributed by atoms with E-state index in [1.54, 1.807) is 43.3 Å². The van der Waals surface area contributed by atoms with Crippen molar-refractivity contribution < 1.29 is 14.6 Å². The first-order valence-electron chi connectivity index (χ1n) is 7.78. The smallest absolute Gasteiger partial charge is 0.280 e. The lowest BCUT2D eigenvalue weighted by atomic mass is 10.1. The lowest BCUT2D eigenvalue weighted by molar-refractivity contribution is -0.127. The number of carbonyl (C=O) groups excluding carboxylic acids is 1. The second-order valence-corrected chi connectivity index (χ2v) is 6.26. The Labute approximate surface area is 161 Å². The molecular formula is C19H18Cl2N2O3. The van der Waals surface area contributed by atoms with E-state index in [2.05, 4.69) is 17.1 Å². The second kappa shape index (κ2) is 9.27. The molecule has 2 N–H and O–H groups in total. The number of hydrogen-bond donors (Lipinski definition) is 2. The molecule has 1 atom stereocenters. The van der Waals surface area contributed by atoms with Gasteiger partial charge in [0.15, 0.2) is 6.10 Å². The minimum absolute atomic E-state index is 0.0997. The van der Waals surface area contributed by atoms with E-state index >= 15 is 0 Å². The Balaban J connectivity index is 1.98. The van der Waals surface area contributed by atoms with E-state index in [0.29, 0.717) is 27.8 Å². The van der Waals surface area contributed by atoms with Crippen LogP contribution in [-0.2, 0) is 11.2 Å². The molecule has 0 aliphatic rings. The molecule has 5 nitrogen and oxygen atoms in total. The molecule has 26 heavy (non-hydrogen) atoms. The van der Waals surface area contributed by atoms with Gasteiger partial charge in [-0.3, -0.25) is 4.79 Å². The molecule has 1 amide bonds. The maximum atomic E-state index is 12.1. The van der Waals surface area contributed by atoms with E-state index in [1.165, 1.54) is 12.3 Å². The fourth-order valence-corrected chi connectivity index (χ4v) is 2.56. The highest BCUT2D eigenvalue weighted by Gasteiger charge is 2.15. The summed E-state index contributed by atoms with van der Waals surface area (Å²) in [7, 11) is 0. The molecule has 2 aromatic rings. The predicted molar refractivity (Wildman–Crippen MR) is 104 cm³/mol. The highest BCUT2D eigenvalue weighted by atomic mass is 35.5. The molecular weight excluding hydrogens is 375 g/mol. The van der Waals surface area contributed by atoms with Crippen LogP contribution in [0.3, 0.4) is 0 Å². The molecule has 7 heteroatoms. The van der Waals surface area contributed by atoms with Gasteiger partial charge in [-0.05, 0) is 43.2 Å². The quantitative estimate of drug-likeness (QED) is 0.418. The summed E-state index contributed by atoms with van der Waals surface area (Å²) >= 11 is 11.8. The molecule has 0 saturated heterocycles. The first-order valence-corrected chi connectivity index (χ1v) is 8.54. The van der Waals surface area contributed by atoms with E-state index in [0.717, 1.165) is 5.56 Å². The maximum Gasteiger partial charge on any atom is 0.280 e. The highest BCUT2D eigenvalue weighted by molar-refractivity contribution is 6.35. The van der Waals surface area contributed by atoms with Gasteiger partial charge >= 0.3 is 0 Å². The first-order chi connectivity index (χ1) is 12.4. The van der Waals surface area contributed by atoms with Crippen molar-refractivity contribution in [3.05, 3.63) is 70.2 Å². The number of nitrogens with zero attached hydrogens (tertiary/aromatic N) is 1. The SMILES string of the molecule is C=CCc1cccc(/C=N\NC(=O)[C@H](C)Oc2ccc(Cl)cc2Cl)c1O. The predicted octanol–water partition coefficient (Wildman–Crippen LogP) is 4.35. The number of allylic oxidation sites excluding steroid dienone is 1. The second-order valence-electron chi connectivity index (χ2n) is 5.42. The van der Waals surface area contributed by atoms with Crippen LogP contribution in [0.2, 0.25) is 10.0 Å². The van der Waals surface area contributed by atoms with Crippen molar-refractivity contribution in [1.29, 1.82) is 0 Å². The number of halogens is 2. The minimum Gasteiger partial charge on any atom is -0.507 e. The number of rotatable bonds is 7. The summed E-state index contributed by atoms with van der Waals surface area (Å²) in [5.74, 6) is -0.0193. The number of nitrogens with one attached hydrogen (secondary N) is 1. The molecule has 0 fully saturated rings. The molecule has 0 radical (unpaired) electrons. The fourth-order valence-electron chi connectivity index (χ4n) is 2.11. The molecule has 136 valence electrons. The van der Waals surface area contributed by atoms with Gasteiger partial charge in [0.2, 0.25) is 0 Å². The standard InChI is InChI=1S/C19H18Cl2N2O3/c1-3-5-13-6-4-7-14(18(13)24)11-22-23-19(25)12(2)26-17-9-8-15(20)10-16(17)21/h3-4,6-12,24H,1,5H2,2H3,(H,23,25)/b22-11-/t12-/m0/s1. The average Bonchev–Trinajstić information content (AvgIpc) is 2.60. The van der Waals surface area contributed by atoms with E-state index < -0.39 is 12.0 Å². The van der Waals surface area contributed by atoms with Crippen LogP contribution in [0.4, 0.5) is 0 Å². The Bertz CT molecular complexity index is 838. The third-order valence-electron chi connectivity index (χ3n) is 3.46. The van der Waals surface area contributed by atoms with E-state index in [-0.39, 0.29) is 5.75 Å². The van der Waals surface area contributed by atoms with Crippen LogP contribution < -0.4 is 10.2 Å². The Hall–Kier alpha value is -2.50. The number of phenols is 1. The van der Waals surface area contributed by atoms with Crippen LogP contribution in [0.25, 0.3) is 0 Å². The Morgan fingerprint density at radius 3 is 2.85 bits per heavy atom. The molecule has 2 rings (SSSR count). The largest absolute Gasteiger partial charge is 0.507 e. The summed E-state index contributed by atoms with van der Waals surface area (Å²) in [5.41, 5.74) is 3.58. The highest BCUT2D eigenvalue weighted by Crippen LogP contribution is 2.28. The van der Waals surface area contributed by atoms with Crippen LogP contribution in [0.5, 0.6) is 11.5 Å². The van der Waals surface area contributed by atoms with Gasteiger partial charge in [0.05, 0.1) is 11.2 Å². The number of benzene rings is 2. The summed E-state index contributed by atoms with van der Waals surface area (Å²) in [6.45, 7) is 5.21. The van der Waals surface area contributed by atoms with Crippen molar-refractivity contribution in [2.24, 2.45) is 5.10 Å². The summed E-state index contributed by atoms with van der Waals surface area (Å²) < 4.78 is 5.50. The number of hydrogen-bond acceptors (Lipinski definition) is 4. The third-order valence-corrected chi connectivity index (χ3v) is 3.99. The van der Waals surface area contributed by atoms with Gasteiger partial charge in [-0.25, -0.2) is 5.43 Å². The number of carbonyl (C=O) groups is 1. The molecule has 0 aliphatic heterocycles. The lowest BCUT2D eigenvalue weighted by Gasteiger charge is -2.14. The van der Waals surface area contributed by atoms with Crippen LogP contribution in [-0.4, -0.2) is 23.3 Å². The maximum absolute atomic E-state index is 12.1. The summed E-state index contributed by atoms with van der Waals surface area (Å²) in [5, 5.41) is 14.8. The van der Waals surface area contributed by atoms with Gasteiger partial charge in [-0.1, -0.05) is 41.4 Å². The number of hydrazone groups is 1. The molecule has 0 aromatic heterocycles. The molecule has 0 unspecified atom stereocenters. The Morgan fingerprint density at radius 1 is 1.38 bits per heavy atom. The number of ether oxygens (including phenoxy) is 1. The Morgan fingerprint density at radius 2 is 2.15 bits per heavy atom. The number of phenolic OH excluding ortho intramolecular Hbond substituents is 1. The zero-order valence-corrected chi connectivity index (χ0v) is 15.6. The van der Waals surface area contributed by atoms with E-state index in [4.69, 9.17) is 27.9 Å². The fraction of sp³-hybridized carbons (Fsp3) is 0.158. The van der Waals surface area contributed by atoms with Crippen molar-refractivity contribution in [2.75, 3.05) is 0 Å². The zero-order chi connectivity index (χ0) is 19.1. The number of para-hydroxylation sites is 1. The normalized spacial score (nSPS) is 12.0. The van der Waals surface area contributed by atoms with Gasteiger partial charge in [-0.2, -0.15) is 5.10 Å². The first kappa shape index (κ1) is 19.8. The van der Waals surface area contributed by atoms with Crippen molar-refractivity contribution in [2.45, 2.75) is 19.4 Å².